The molecule has 0 unspecified atom stereocenters. The summed E-state index contributed by atoms with van der Waals surface area (Å²) < 4.78 is 5.75. The number of anilines is 1. The van der Waals surface area contributed by atoms with Crippen LogP contribution in [0, 0.1) is 18.3 Å². The fraction of sp³-hybridized carbons (Fsp3) is 0.208. The summed E-state index contributed by atoms with van der Waals surface area (Å²) >= 11 is 0. The molecule has 0 fully saturated rings. The van der Waals surface area contributed by atoms with Gasteiger partial charge in [0.1, 0.15) is 17.4 Å². The lowest BCUT2D eigenvalue weighted by molar-refractivity contribution is -0.129. The van der Waals surface area contributed by atoms with Crippen LogP contribution in [0.15, 0.2) is 71.3 Å². The van der Waals surface area contributed by atoms with Crippen molar-refractivity contribution in [2.45, 2.75) is 25.3 Å². The highest BCUT2D eigenvalue weighted by Crippen LogP contribution is 2.54. The van der Waals surface area contributed by atoms with Gasteiger partial charge in [0, 0.05) is 11.3 Å². The second-order valence-electron chi connectivity index (χ2n) is 8.02. The fourth-order valence-corrected chi connectivity index (χ4v) is 4.79. The molecule has 0 saturated carbocycles. The Morgan fingerprint density at radius 2 is 1.97 bits per heavy atom. The molecule has 2 aromatic carbocycles. The summed E-state index contributed by atoms with van der Waals surface area (Å²) in [7, 11) is 0. The first kappa shape index (κ1) is 18.9. The molecule has 0 radical (unpaired) electrons. The van der Waals surface area contributed by atoms with E-state index in [-0.39, 0.29) is 35.5 Å². The zero-order valence-corrected chi connectivity index (χ0v) is 17.1. The van der Waals surface area contributed by atoms with Crippen molar-refractivity contribution in [3.63, 3.8) is 0 Å². The number of amides is 2. The van der Waals surface area contributed by atoms with E-state index in [0.717, 1.165) is 11.1 Å². The molecule has 0 aromatic heterocycles. The van der Waals surface area contributed by atoms with Gasteiger partial charge in [0.05, 0.1) is 18.2 Å². The summed E-state index contributed by atoms with van der Waals surface area (Å²) in [5.74, 6) is -0.636. The average Bonchev–Trinajstić information content (AvgIpc) is 3.23. The van der Waals surface area contributed by atoms with E-state index in [9.17, 15) is 14.9 Å². The van der Waals surface area contributed by atoms with Crippen molar-refractivity contribution in [2.75, 3.05) is 11.9 Å². The van der Waals surface area contributed by atoms with Gasteiger partial charge in [-0.25, -0.2) is 0 Å². The molecule has 3 N–H and O–H groups in total. The van der Waals surface area contributed by atoms with Crippen LogP contribution in [-0.2, 0) is 19.7 Å². The molecule has 0 saturated heterocycles. The van der Waals surface area contributed by atoms with Crippen molar-refractivity contribution in [1.29, 1.82) is 5.26 Å². The number of carbonyl (C=O) groups excluding carboxylic acids is 2. The standard InChI is InChI=1S/C24H20N4O3/c1-13-8-9-18-16(10-13)24(23(30)27-18)17(11-25)21(26)31-19-12-28(22(29)20(19)24)14(2)15-6-4-3-5-7-15/h3-10,14H,12,26H2,1-2H3,(H,27,30)/t14-,24+/m0/s1. The van der Waals surface area contributed by atoms with Crippen molar-refractivity contribution in [2.24, 2.45) is 5.73 Å². The number of hydrogen-bond acceptors (Lipinski definition) is 5. The van der Waals surface area contributed by atoms with E-state index in [1.807, 2.05) is 56.3 Å². The van der Waals surface area contributed by atoms with Crippen molar-refractivity contribution in [3.05, 3.63) is 88.0 Å². The second kappa shape index (κ2) is 6.47. The number of rotatable bonds is 2. The first-order valence-electron chi connectivity index (χ1n) is 10.00. The third-order valence-corrected chi connectivity index (χ3v) is 6.33. The van der Waals surface area contributed by atoms with Crippen molar-refractivity contribution >= 4 is 17.5 Å². The molecule has 7 nitrogen and oxygen atoms in total. The van der Waals surface area contributed by atoms with E-state index >= 15 is 0 Å². The van der Waals surface area contributed by atoms with E-state index in [4.69, 9.17) is 10.5 Å². The smallest absolute Gasteiger partial charge is 0.256 e. The van der Waals surface area contributed by atoms with E-state index in [2.05, 4.69) is 11.4 Å². The Hall–Kier alpha value is -4.05. The number of fused-ring (bicyclic) bond motifs is 3. The van der Waals surface area contributed by atoms with Crippen LogP contribution in [0.4, 0.5) is 5.69 Å². The Kier molecular flexibility index (Phi) is 3.96. The maximum atomic E-state index is 13.8. The van der Waals surface area contributed by atoms with E-state index in [0.29, 0.717) is 17.0 Å². The molecule has 2 aromatic rings. The van der Waals surface area contributed by atoms with Gasteiger partial charge in [0.15, 0.2) is 5.41 Å². The van der Waals surface area contributed by atoms with Crippen LogP contribution >= 0.6 is 0 Å². The summed E-state index contributed by atoms with van der Waals surface area (Å²) in [6, 6.07) is 16.9. The lowest BCUT2D eigenvalue weighted by atomic mass is 9.68. The number of aryl methyl sites for hydroxylation is 1. The normalized spacial score (nSPS) is 22.8. The lowest BCUT2D eigenvalue weighted by Crippen LogP contribution is -2.45. The van der Waals surface area contributed by atoms with Crippen LogP contribution in [0.3, 0.4) is 0 Å². The average molecular weight is 412 g/mol. The van der Waals surface area contributed by atoms with Gasteiger partial charge >= 0.3 is 0 Å². The molecule has 0 aliphatic carbocycles. The predicted molar refractivity (Wildman–Crippen MR) is 113 cm³/mol. The van der Waals surface area contributed by atoms with Crippen LogP contribution in [-0.4, -0.2) is 23.3 Å². The van der Waals surface area contributed by atoms with Crippen LogP contribution in [0.25, 0.3) is 0 Å². The van der Waals surface area contributed by atoms with Crippen molar-refractivity contribution in [1.82, 2.24) is 4.90 Å². The van der Waals surface area contributed by atoms with E-state index in [1.54, 1.807) is 11.0 Å². The third kappa shape index (κ3) is 2.39. The van der Waals surface area contributed by atoms with Crippen LogP contribution in [0.2, 0.25) is 0 Å². The van der Waals surface area contributed by atoms with E-state index < -0.39 is 11.3 Å². The molecule has 3 aliphatic rings. The second-order valence-corrected chi connectivity index (χ2v) is 8.02. The number of ether oxygens (including phenoxy) is 1. The van der Waals surface area contributed by atoms with Gasteiger partial charge in [-0.05, 0) is 25.5 Å². The summed E-state index contributed by atoms with van der Waals surface area (Å²) in [6.45, 7) is 3.98. The van der Waals surface area contributed by atoms with Gasteiger partial charge in [-0.1, -0.05) is 48.0 Å². The minimum atomic E-state index is -1.62. The quantitative estimate of drug-likeness (QED) is 0.788. The minimum Gasteiger partial charge on any atom is -0.442 e. The molecule has 2 amide bonds. The molecule has 7 heteroatoms. The maximum absolute atomic E-state index is 13.8. The molecule has 31 heavy (non-hydrogen) atoms. The molecule has 1 spiro atoms. The minimum absolute atomic E-state index is 0.0596. The number of carbonyl (C=O) groups is 2. The van der Waals surface area contributed by atoms with Gasteiger partial charge in [0.25, 0.3) is 5.91 Å². The predicted octanol–water partition coefficient (Wildman–Crippen LogP) is 2.77. The monoisotopic (exact) mass is 412 g/mol. The number of nitrogens with two attached hydrogens (primary N) is 1. The molecule has 154 valence electrons. The SMILES string of the molecule is Cc1ccc2c(c1)[C@@]1(C(=O)N2)C(C#N)=C(N)OC2=C1C(=O)N([C@@H](C)c1ccccc1)C2. The van der Waals surface area contributed by atoms with Crippen molar-refractivity contribution < 1.29 is 14.3 Å². The largest absolute Gasteiger partial charge is 0.442 e. The van der Waals surface area contributed by atoms with Gasteiger partial charge in [-0.3, -0.25) is 9.59 Å². The molecule has 2 atom stereocenters. The Morgan fingerprint density at radius 3 is 2.68 bits per heavy atom. The molecular formula is C24H20N4O3. The Balaban J connectivity index is 1.70. The Bertz CT molecular complexity index is 1260. The van der Waals surface area contributed by atoms with Gasteiger partial charge in [-0.2, -0.15) is 5.26 Å². The highest BCUT2D eigenvalue weighted by atomic mass is 16.5. The lowest BCUT2D eigenvalue weighted by Gasteiger charge is -2.32. The van der Waals surface area contributed by atoms with Gasteiger partial charge < -0.3 is 20.7 Å². The summed E-state index contributed by atoms with van der Waals surface area (Å²) in [5, 5.41) is 12.8. The first-order valence-corrected chi connectivity index (χ1v) is 10.00. The first-order chi connectivity index (χ1) is 14.9. The molecular weight excluding hydrogens is 392 g/mol. The number of nitriles is 1. The number of nitrogens with one attached hydrogen (secondary N) is 1. The summed E-state index contributed by atoms with van der Waals surface area (Å²) in [4.78, 5) is 28.9. The summed E-state index contributed by atoms with van der Waals surface area (Å²) in [6.07, 6.45) is 0. The Labute approximate surface area is 179 Å². The number of benzene rings is 2. The highest BCUT2D eigenvalue weighted by Gasteiger charge is 2.62. The molecule has 0 bridgehead atoms. The highest BCUT2D eigenvalue weighted by molar-refractivity contribution is 6.19. The maximum Gasteiger partial charge on any atom is 0.256 e. The van der Waals surface area contributed by atoms with Crippen molar-refractivity contribution in [3.8, 4) is 6.07 Å². The van der Waals surface area contributed by atoms with Gasteiger partial charge in [0.2, 0.25) is 11.8 Å². The topological polar surface area (TPSA) is 108 Å². The van der Waals surface area contributed by atoms with Crippen LogP contribution < -0.4 is 11.1 Å². The molecule has 5 rings (SSSR count). The third-order valence-electron chi connectivity index (χ3n) is 6.33. The summed E-state index contributed by atoms with van der Waals surface area (Å²) in [5.41, 5.74) is 7.59. The Morgan fingerprint density at radius 1 is 1.23 bits per heavy atom. The van der Waals surface area contributed by atoms with Crippen LogP contribution in [0.1, 0.15) is 29.7 Å². The number of hydrogen-bond donors (Lipinski definition) is 2. The fourth-order valence-electron chi connectivity index (χ4n) is 4.79. The van der Waals surface area contributed by atoms with Gasteiger partial charge in [-0.15, -0.1) is 0 Å². The molecule has 3 aliphatic heterocycles. The molecule has 3 heterocycles. The van der Waals surface area contributed by atoms with Crippen LogP contribution in [0.5, 0.6) is 0 Å². The zero-order valence-electron chi connectivity index (χ0n) is 17.1. The van der Waals surface area contributed by atoms with E-state index in [1.165, 1.54) is 0 Å². The number of nitrogens with zero attached hydrogens (tertiary/aromatic N) is 2. The zero-order chi connectivity index (χ0) is 21.9.